The van der Waals surface area contributed by atoms with Gasteiger partial charge in [0.25, 0.3) is 10.0 Å². The Morgan fingerprint density at radius 1 is 1.05 bits per heavy atom. The van der Waals surface area contributed by atoms with Crippen LogP contribution in [0.4, 0.5) is 0 Å². The molecule has 0 unspecified atom stereocenters. The summed E-state index contributed by atoms with van der Waals surface area (Å²) in [5.41, 5.74) is 1.48. The molecule has 1 aliphatic heterocycles. The molecular weight excluding hydrogens is 276 g/mol. The minimum absolute atomic E-state index is 0.188. The predicted octanol–water partition coefficient (Wildman–Crippen LogP) is 1.63. The van der Waals surface area contributed by atoms with Crippen LogP contribution >= 0.6 is 0 Å². The second-order valence-electron chi connectivity index (χ2n) is 4.43. The van der Waals surface area contributed by atoms with Gasteiger partial charge in [0, 0.05) is 5.56 Å². The van der Waals surface area contributed by atoms with Crippen molar-refractivity contribution in [1.29, 1.82) is 0 Å². The van der Waals surface area contributed by atoms with E-state index in [9.17, 15) is 13.5 Å². The molecule has 102 valence electrons. The van der Waals surface area contributed by atoms with Gasteiger partial charge in [0.1, 0.15) is 11.6 Å². The molecule has 0 fully saturated rings. The average Bonchev–Trinajstić information content (AvgIpc) is 2.70. The third-order valence-electron chi connectivity index (χ3n) is 3.02. The van der Waals surface area contributed by atoms with Crippen LogP contribution in [0, 0.1) is 0 Å². The van der Waals surface area contributed by atoms with Crippen LogP contribution in [0.15, 0.2) is 58.4 Å². The topological polar surface area (TPSA) is 78.8 Å². The number of hydrogen-bond donors (Lipinski definition) is 2. The minimum Gasteiger partial charge on any atom is -0.508 e. The molecule has 0 bridgehead atoms. The van der Waals surface area contributed by atoms with E-state index in [1.54, 1.807) is 48.5 Å². The number of aliphatic imine (C=N–C) groups is 1. The van der Waals surface area contributed by atoms with Gasteiger partial charge in [-0.05, 0) is 29.8 Å². The highest BCUT2D eigenvalue weighted by molar-refractivity contribution is 7.90. The van der Waals surface area contributed by atoms with Crippen molar-refractivity contribution < 1.29 is 13.5 Å². The number of nitrogens with one attached hydrogen (secondary N) is 1. The van der Waals surface area contributed by atoms with Crippen LogP contribution in [0.3, 0.4) is 0 Å². The summed E-state index contributed by atoms with van der Waals surface area (Å²) in [5.74, 6) is 0.544. The van der Waals surface area contributed by atoms with E-state index in [0.717, 1.165) is 5.56 Å². The third kappa shape index (κ3) is 2.25. The van der Waals surface area contributed by atoms with Crippen LogP contribution in [-0.4, -0.2) is 19.4 Å². The van der Waals surface area contributed by atoms with Crippen molar-refractivity contribution in [2.45, 2.75) is 11.4 Å². The lowest BCUT2D eigenvalue weighted by Gasteiger charge is -2.00. The van der Waals surface area contributed by atoms with Gasteiger partial charge in [0.2, 0.25) is 0 Å². The zero-order valence-electron chi connectivity index (χ0n) is 10.4. The van der Waals surface area contributed by atoms with Crippen molar-refractivity contribution in [3.63, 3.8) is 0 Å². The van der Waals surface area contributed by atoms with Crippen molar-refractivity contribution in [3.05, 3.63) is 59.7 Å². The predicted molar refractivity (Wildman–Crippen MR) is 75.1 cm³/mol. The normalized spacial score (nSPS) is 17.7. The lowest BCUT2D eigenvalue weighted by molar-refractivity contribution is 0.475. The van der Waals surface area contributed by atoms with Gasteiger partial charge in [-0.2, -0.15) is 0 Å². The Morgan fingerprint density at radius 2 is 1.75 bits per heavy atom. The Balaban J connectivity index is 1.92. The molecule has 0 saturated carbocycles. The van der Waals surface area contributed by atoms with E-state index < -0.39 is 10.0 Å². The van der Waals surface area contributed by atoms with Crippen LogP contribution < -0.4 is 4.72 Å². The Bertz CT molecular complexity index is 780. The molecule has 6 heteroatoms. The van der Waals surface area contributed by atoms with Crippen molar-refractivity contribution in [1.82, 2.24) is 4.72 Å². The number of phenols is 1. The Labute approximate surface area is 116 Å². The number of hydrogen-bond acceptors (Lipinski definition) is 4. The summed E-state index contributed by atoms with van der Waals surface area (Å²) >= 11 is 0. The summed E-state index contributed by atoms with van der Waals surface area (Å²) in [5, 5.41) is 9.21. The molecule has 0 atom stereocenters. The molecule has 1 heterocycles. The maximum atomic E-state index is 11.9. The highest BCUT2D eigenvalue weighted by atomic mass is 32.2. The Kier molecular flexibility index (Phi) is 2.94. The summed E-state index contributed by atoms with van der Waals surface area (Å²) in [4.78, 5) is 4.56. The molecule has 0 aliphatic carbocycles. The second-order valence-corrected chi connectivity index (χ2v) is 6.08. The SMILES string of the molecule is O=S1(=O)NC(=NCc2ccc(O)cc2)c2ccccc21. The van der Waals surface area contributed by atoms with Gasteiger partial charge in [-0.25, -0.2) is 8.42 Å². The number of fused-ring (bicyclic) bond motifs is 1. The lowest BCUT2D eigenvalue weighted by Crippen LogP contribution is -2.22. The van der Waals surface area contributed by atoms with Crippen molar-refractivity contribution in [2.24, 2.45) is 4.99 Å². The zero-order valence-corrected chi connectivity index (χ0v) is 11.3. The molecule has 2 aromatic rings. The number of amidine groups is 1. The van der Waals surface area contributed by atoms with Crippen molar-refractivity contribution in [2.75, 3.05) is 0 Å². The van der Waals surface area contributed by atoms with Gasteiger partial charge < -0.3 is 5.11 Å². The molecular formula is C14H12N2O3S. The van der Waals surface area contributed by atoms with E-state index in [1.807, 2.05) is 0 Å². The Morgan fingerprint density at radius 3 is 2.50 bits per heavy atom. The first kappa shape index (κ1) is 12.7. The van der Waals surface area contributed by atoms with E-state index in [-0.39, 0.29) is 10.6 Å². The Hall–Kier alpha value is -2.34. The van der Waals surface area contributed by atoms with E-state index in [1.165, 1.54) is 0 Å². The second kappa shape index (κ2) is 4.64. The number of phenolic OH excluding ortho intramolecular Hbond substituents is 1. The first-order valence-electron chi connectivity index (χ1n) is 6.01. The molecule has 0 radical (unpaired) electrons. The monoisotopic (exact) mass is 288 g/mol. The van der Waals surface area contributed by atoms with Gasteiger partial charge in [0.15, 0.2) is 0 Å². The van der Waals surface area contributed by atoms with Crippen LogP contribution in [-0.2, 0) is 16.6 Å². The molecule has 20 heavy (non-hydrogen) atoms. The highest BCUT2D eigenvalue weighted by Gasteiger charge is 2.29. The fourth-order valence-corrected chi connectivity index (χ4v) is 3.27. The number of nitrogens with zero attached hydrogens (tertiary/aromatic N) is 1. The first-order valence-corrected chi connectivity index (χ1v) is 7.49. The maximum Gasteiger partial charge on any atom is 0.263 e. The van der Waals surface area contributed by atoms with Crippen LogP contribution in [0.2, 0.25) is 0 Å². The van der Waals surface area contributed by atoms with Crippen molar-refractivity contribution in [3.8, 4) is 5.75 Å². The first-order chi connectivity index (χ1) is 9.56. The van der Waals surface area contributed by atoms with Gasteiger partial charge in [-0.3, -0.25) is 9.71 Å². The molecule has 0 saturated heterocycles. The van der Waals surface area contributed by atoms with E-state index in [0.29, 0.717) is 17.9 Å². The fraction of sp³-hybridized carbons (Fsp3) is 0.0714. The molecule has 0 aromatic heterocycles. The van der Waals surface area contributed by atoms with Crippen LogP contribution in [0.5, 0.6) is 5.75 Å². The summed E-state index contributed by atoms with van der Waals surface area (Å²) in [6.07, 6.45) is 0. The van der Waals surface area contributed by atoms with Gasteiger partial charge in [-0.15, -0.1) is 0 Å². The van der Waals surface area contributed by atoms with Crippen LogP contribution in [0.25, 0.3) is 0 Å². The molecule has 1 aliphatic rings. The molecule has 0 amide bonds. The zero-order chi connectivity index (χ0) is 14.2. The molecule has 2 N–H and O–H groups in total. The molecule has 0 spiro atoms. The third-order valence-corrected chi connectivity index (χ3v) is 4.42. The minimum atomic E-state index is -3.49. The summed E-state index contributed by atoms with van der Waals surface area (Å²) in [6.45, 7) is 0.340. The lowest BCUT2D eigenvalue weighted by atomic mass is 10.2. The van der Waals surface area contributed by atoms with E-state index in [2.05, 4.69) is 9.71 Å². The van der Waals surface area contributed by atoms with E-state index in [4.69, 9.17) is 0 Å². The summed E-state index contributed by atoms with van der Waals surface area (Å²) in [7, 11) is -3.49. The highest BCUT2D eigenvalue weighted by Crippen LogP contribution is 2.22. The van der Waals surface area contributed by atoms with Gasteiger partial charge in [0.05, 0.1) is 11.4 Å². The number of aromatic hydroxyl groups is 1. The molecule has 5 nitrogen and oxygen atoms in total. The maximum absolute atomic E-state index is 11.9. The summed E-state index contributed by atoms with van der Waals surface area (Å²) in [6, 6.07) is 13.4. The smallest absolute Gasteiger partial charge is 0.263 e. The van der Waals surface area contributed by atoms with Gasteiger partial charge >= 0.3 is 0 Å². The van der Waals surface area contributed by atoms with E-state index >= 15 is 0 Å². The number of sulfonamides is 1. The summed E-state index contributed by atoms with van der Waals surface area (Å²) < 4.78 is 26.2. The number of rotatable bonds is 2. The average molecular weight is 288 g/mol. The molecule has 2 aromatic carbocycles. The largest absolute Gasteiger partial charge is 0.508 e. The van der Waals surface area contributed by atoms with Crippen molar-refractivity contribution >= 4 is 15.9 Å². The fourth-order valence-electron chi connectivity index (χ4n) is 2.02. The standard InChI is InChI=1S/C14H12N2O3S/c17-11-7-5-10(6-8-11)9-15-14-12-3-1-2-4-13(12)20(18,19)16-14/h1-8,17H,9H2,(H,15,16). The van der Waals surface area contributed by atoms with Gasteiger partial charge in [-0.1, -0.05) is 24.3 Å². The van der Waals surface area contributed by atoms with Crippen LogP contribution in [0.1, 0.15) is 11.1 Å². The molecule has 3 rings (SSSR count). The number of benzene rings is 2. The quantitative estimate of drug-likeness (QED) is 0.881.